The zero-order chi connectivity index (χ0) is 22.5. The number of fused-ring (bicyclic) bond motifs is 1. The van der Waals surface area contributed by atoms with Crippen LogP contribution in [0, 0.1) is 11.3 Å². The van der Waals surface area contributed by atoms with Crippen molar-refractivity contribution in [2.24, 2.45) is 0 Å². The first-order valence-corrected chi connectivity index (χ1v) is 10.9. The Balaban J connectivity index is 1.62. The highest BCUT2D eigenvalue weighted by molar-refractivity contribution is 5.88. The molecule has 2 aromatic carbocycles. The standard InChI is InChI=1S/C25H27N5O2/c1-17-15-30(16-18(2)32-17)24-23(28-21-10-6-7-11-22(21)29-24)20(14-26)25(31)27-13-12-19-8-4-3-5-9-19/h3-11,17-18,20H,12-13,15-16H2,1-2H3,(H,27,31)/t17-,18-,20+/m1/s1. The Hall–Kier alpha value is -3.50. The zero-order valence-electron chi connectivity index (χ0n) is 18.4. The predicted molar refractivity (Wildman–Crippen MR) is 123 cm³/mol. The number of rotatable bonds is 6. The second kappa shape index (κ2) is 9.75. The molecule has 3 atom stereocenters. The number of carbonyl (C=O) groups is 1. The van der Waals surface area contributed by atoms with E-state index in [1.807, 2.05) is 68.4 Å². The number of carbonyl (C=O) groups excluding carboxylic acids is 1. The lowest BCUT2D eigenvalue weighted by Gasteiger charge is -2.37. The molecule has 7 nitrogen and oxygen atoms in total. The van der Waals surface area contributed by atoms with Gasteiger partial charge in [-0.25, -0.2) is 9.97 Å². The summed E-state index contributed by atoms with van der Waals surface area (Å²) in [5.41, 5.74) is 2.92. The van der Waals surface area contributed by atoms with E-state index in [0.717, 1.165) is 11.1 Å². The summed E-state index contributed by atoms with van der Waals surface area (Å²) in [5, 5.41) is 12.8. The van der Waals surface area contributed by atoms with Crippen molar-refractivity contribution in [1.29, 1.82) is 5.26 Å². The minimum Gasteiger partial charge on any atom is -0.372 e. The number of benzene rings is 2. The summed E-state index contributed by atoms with van der Waals surface area (Å²) in [6, 6.07) is 19.6. The molecule has 0 aliphatic carbocycles. The number of nitrogens with zero attached hydrogens (tertiary/aromatic N) is 4. The Bertz CT molecular complexity index is 1120. The minimum absolute atomic E-state index is 0.0140. The van der Waals surface area contributed by atoms with Crippen molar-refractivity contribution in [3.63, 3.8) is 0 Å². The molecule has 164 valence electrons. The number of nitriles is 1. The molecule has 1 saturated heterocycles. The second-order valence-electron chi connectivity index (χ2n) is 8.17. The van der Waals surface area contributed by atoms with E-state index in [0.29, 0.717) is 43.1 Å². The fourth-order valence-electron chi connectivity index (χ4n) is 4.10. The zero-order valence-corrected chi connectivity index (χ0v) is 18.4. The number of para-hydroxylation sites is 2. The van der Waals surface area contributed by atoms with Gasteiger partial charge in [-0.1, -0.05) is 42.5 Å². The smallest absolute Gasteiger partial charge is 0.243 e. The van der Waals surface area contributed by atoms with Gasteiger partial charge in [0.15, 0.2) is 11.7 Å². The summed E-state index contributed by atoms with van der Waals surface area (Å²) in [5.74, 6) is -0.828. The van der Waals surface area contributed by atoms with E-state index in [1.54, 1.807) is 0 Å². The van der Waals surface area contributed by atoms with E-state index in [-0.39, 0.29) is 18.1 Å². The highest BCUT2D eigenvalue weighted by Crippen LogP contribution is 2.29. The van der Waals surface area contributed by atoms with Gasteiger partial charge in [0.2, 0.25) is 5.91 Å². The van der Waals surface area contributed by atoms with Crippen molar-refractivity contribution in [3.8, 4) is 6.07 Å². The highest BCUT2D eigenvalue weighted by atomic mass is 16.5. The fourth-order valence-corrected chi connectivity index (χ4v) is 4.10. The molecule has 2 heterocycles. The van der Waals surface area contributed by atoms with Crippen LogP contribution in [0.25, 0.3) is 11.0 Å². The summed E-state index contributed by atoms with van der Waals surface area (Å²) in [6.45, 7) is 5.71. The molecule has 1 aliphatic heterocycles. The molecule has 7 heteroatoms. The Morgan fingerprint density at radius 2 is 1.72 bits per heavy atom. The van der Waals surface area contributed by atoms with Crippen LogP contribution in [0.5, 0.6) is 0 Å². The van der Waals surface area contributed by atoms with Gasteiger partial charge in [-0.2, -0.15) is 5.26 Å². The summed E-state index contributed by atoms with van der Waals surface area (Å²) in [6.07, 6.45) is 0.722. The molecule has 0 radical (unpaired) electrons. The molecule has 1 aromatic heterocycles. The fraction of sp³-hybridized carbons (Fsp3) is 0.360. The summed E-state index contributed by atoms with van der Waals surface area (Å²) in [7, 11) is 0. The van der Waals surface area contributed by atoms with Crippen LogP contribution in [0.2, 0.25) is 0 Å². The van der Waals surface area contributed by atoms with Gasteiger partial charge in [-0.3, -0.25) is 4.79 Å². The molecule has 32 heavy (non-hydrogen) atoms. The molecule has 1 amide bonds. The van der Waals surface area contributed by atoms with Gasteiger partial charge in [-0.15, -0.1) is 0 Å². The maximum absolute atomic E-state index is 13.0. The predicted octanol–water partition coefficient (Wildman–Crippen LogP) is 3.21. The molecule has 0 saturated carbocycles. The number of amides is 1. The van der Waals surface area contributed by atoms with E-state index >= 15 is 0 Å². The average Bonchev–Trinajstić information content (AvgIpc) is 2.79. The maximum atomic E-state index is 13.0. The number of nitrogens with one attached hydrogen (secondary N) is 1. The van der Waals surface area contributed by atoms with Gasteiger partial charge in [0.1, 0.15) is 5.69 Å². The lowest BCUT2D eigenvalue weighted by Crippen LogP contribution is -2.46. The molecule has 0 bridgehead atoms. The van der Waals surface area contributed by atoms with Crippen molar-refractivity contribution in [2.75, 3.05) is 24.5 Å². The molecule has 3 aromatic rings. The molecular formula is C25H27N5O2. The maximum Gasteiger partial charge on any atom is 0.243 e. The number of ether oxygens (including phenoxy) is 1. The van der Waals surface area contributed by atoms with Crippen molar-refractivity contribution in [3.05, 3.63) is 65.9 Å². The normalized spacial score (nSPS) is 19.3. The Morgan fingerprint density at radius 1 is 1.09 bits per heavy atom. The SMILES string of the molecule is C[C@@H]1CN(c2nc3ccccc3nc2[C@H](C#N)C(=O)NCCc2ccccc2)C[C@@H](C)O1. The molecular weight excluding hydrogens is 402 g/mol. The molecule has 0 unspecified atom stereocenters. The topological polar surface area (TPSA) is 91.1 Å². The number of aromatic nitrogens is 2. The van der Waals surface area contributed by atoms with Crippen LogP contribution in [0.15, 0.2) is 54.6 Å². The number of hydrogen-bond donors (Lipinski definition) is 1. The molecule has 1 fully saturated rings. The van der Waals surface area contributed by atoms with Crippen molar-refractivity contribution in [1.82, 2.24) is 15.3 Å². The molecule has 1 N–H and O–H groups in total. The van der Waals surface area contributed by atoms with Crippen LogP contribution in [0.3, 0.4) is 0 Å². The Kier molecular flexibility index (Phi) is 6.62. The first kappa shape index (κ1) is 21.7. The average molecular weight is 430 g/mol. The van der Waals surface area contributed by atoms with E-state index in [4.69, 9.17) is 14.7 Å². The van der Waals surface area contributed by atoms with E-state index in [9.17, 15) is 10.1 Å². The lowest BCUT2D eigenvalue weighted by atomic mass is 10.0. The van der Waals surface area contributed by atoms with Crippen LogP contribution in [0.1, 0.15) is 31.0 Å². The van der Waals surface area contributed by atoms with Gasteiger partial charge in [-0.05, 0) is 38.0 Å². The quantitative estimate of drug-likeness (QED) is 0.647. The van der Waals surface area contributed by atoms with Crippen LogP contribution >= 0.6 is 0 Å². The summed E-state index contributed by atoms with van der Waals surface area (Å²) < 4.78 is 5.86. The number of anilines is 1. The van der Waals surface area contributed by atoms with Gasteiger partial charge in [0.25, 0.3) is 0 Å². The van der Waals surface area contributed by atoms with Crippen LogP contribution in [0.4, 0.5) is 5.82 Å². The first-order chi connectivity index (χ1) is 15.5. The largest absolute Gasteiger partial charge is 0.372 e. The highest BCUT2D eigenvalue weighted by Gasteiger charge is 2.31. The van der Waals surface area contributed by atoms with Crippen molar-refractivity contribution >= 4 is 22.8 Å². The third kappa shape index (κ3) is 4.87. The van der Waals surface area contributed by atoms with Gasteiger partial charge in [0, 0.05) is 19.6 Å². The molecule has 4 rings (SSSR count). The van der Waals surface area contributed by atoms with Gasteiger partial charge >= 0.3 is 0 Å². The molecule has 1 aliphatic rings. The van der Waals surface area contributed by atoms with Gasteiger partial charge in [0.05, 0.1) is 29.3 Å². The summed E-state index contributed by atoms with van der Waals surface area (Å²) >= 11 is 0. The van der Waals surface area contributed by atoms with E-state index in [2.05, 4.69) is 16.3 Å². The second-order valence-corrected chi connectivity index (χ2v) is 8.17. The number of hydrogen-bond acceptors (Lipinski definition) is 6. The Labute approximate surface area is 188 Å². The van der Waals surface area contributed by atoms with Gasteiger partial charge < -0.3 is 15.0 Å². The van der Waals surface area contributed by atoms with E-state index in [1.165, 1.54) is 0 Å². The Morgan fingerprint density at radius 3 is 2.38 bits per heavy atom. The third-order valence-electron chi connectivity index (χ3n) is 5.52. The minimum atomic E-state index is -1.05. The van der Waals surface area contributed by atoms with E-state index < -0.39 is 5.92 Å². The van der Waals surface area contributed by atoms with Crippen LogP contribution in [-0.2, 0) is 16.0 Å². The van der Waals surface area contributed by atoms with Crippen LogP contribution < -0.4 is 10.2 Å². The summed E-state index contributed by atoms with van der Waals surface area (Å²) in [4.78, 5) is 24.7. The molecule has 0 spiro atoms. The monoisotopic (exact) mass is 429 g/mol. The lowest BCUT2D eigenvalue weighted by molar-refractivity contribution is -0.121. The number of morpholine rings is 1. The van der Waals surface area contributed by atoms with Crippen molar-refractivity contribution in [2.45, 2.75) is 38.4 Å². The third-order valence-corrected chi connectivity index (χ3v) is 5.52. The van der Waals surface area contributed by atoms with Crippen LogP contribution in [-0.4, -0.2) is 47.7 Å². The van der Waals surface area contributed by atoms with Crippen molar-refractivity contribution < 1.29 is 9.53 Å². The first-order valence-electron chi connectivity index (χ1n) is 10.9.